The Balaban J connectivity index is 1.32. The monoisotopic (exact) mass is 604 g/mol. The lowest BCUT2D eigenvalue weighted by Crippen LogP contribution is -2.56. The second-order valence-electron chi connectivity index (χ2n) is 10.6. The van der Waals surface area contributed by atoms with Crippen molar-refractivity contribution >= 4 is 41.0 Å². The van der Waals surface area contributed by atoms with E-state index in [2.05, 4.69) is 16.0 Å². The summed E-state index contributed by atoms with van der Waals surface area (Å²) in [7, 11) is 4.48. The van der Waals surface area contributed by atoms with Gasteiger partial charge in [-0.05, 0) is 30.2 Å². The topological polar surface area (TPSA) is 133 Å². The van der Waals surface area contributed by atoms with Crippen LogP contribution in [0.15, 0.2) is 54.6 Å². The number of methoxy groups -OCH3 is 1. The van der Waals surface area contributed by atoms with Gasteiger partial charge in [-0.2, -0.15) is 0 Å². The van der Waals surface area contributed by atoms with Crippen LogP contribution in [-0.4, -0.2) is 78.9 Å². The molecule has 12 heteroatoms. The van der Waals surface area contributed by atoms with Gasteiger partial charge in [-0.3, -0.25) is 19.3 Å². The highest BCUT2D eigenvalue weighted by atomic mass is 35.5. The average molecular weight is 605 g/mol. The molecule has 0 radical (unpaired) electrons. The number of nitrogens with one attached hydrogen (secondary N) is 3. The molecule has 5 rings (SSSR count). The molecule has 5 amide bonds. The molecule has 43 heavy (non-hydrogen) atoms. The Morgan fingerprint density at radius 3 is 2.60 bits per heavy atom. The van der Waals surface area contributed by atoms with E-state index in [1.807, 2.05) is 42.5 Å². The van der Waals surface area contributed by atoms with Crippen molar-refractivity contribution in [1.29, 1.82) is 0 Å². The third kappa shape index (κ3) is 6.47. The molecular formula is C31H33ClN6O5. The van der Waals surface area contributed by atoms with Gasteiger partial charge in [0.25, 0.3) is 0 Å². The number of hydrogen-bond acceptors (Lipinski definition) is 7. The minimum atomic E-state index is -1.04. The van der Waals surface area contributed by atoms with E-state index in [4.69, 9.17) is 21.3 Å². The van der Waals surface area contributed by atoms with Gasteiger partial charge in [-0.1, -0.05) is 48.0 Å². The lowest BCUT2D eigenvalue weighted by molar-refractivity contribution is -0.140. The van der Waals surface area contributed by atoms with Gasteiger partial charge in [0, 0.05) is 62.9 Å². The smallest absolute Gasteiger partial charge is 0.326 e. The quantitative estimate of drug-likeness (QED) is 0.318. The molecule has 1 aromatic heterocycles. The van der Waals surface area contributed by atoms with Crippen LogP contribution in [0.3, 0.4) is 0 Å². The number of nitrogens with zero attached hydrogens (tertiary/aromatic N) is 3. The van der Waals surface area contributed by atoms with Gasteiger partial charge in [-0.15, -0.1) is 0 Å². The molecule has 0 spiro atoms. The Hall–Kier alpha value is -4.48. The number of benzene rings is 2. The maximum absolute atomic E-state index is 13.1. The number of ether oxygens (including phenoxy) is 1. The third-order valence-electron chi connectivity index (χ3n) is 7.66. The lowest BCUT2D eigenvalue weighted by Gasteiger charge is -2.33. The second kappa shape index (κ2) is 12.8. The Morgan fingerprint density at radius 2 is 1.86 bits per heavy atom. The summed E-state index contributed by atoms with van der Waals surface area (Å²) in [5, 5.41) is 9.40. The van der Waals surface area contributed by atoms with Crippen LogP contribution in [0.5, 0.6) is 5.88 Å². The number of carbonyl (C=O) groups excluding carboxylic acids is 4. The van der Waals surface area contributed by atoms with Crippen LogP contribution >= 0.6 is 11.6 Å². The fourth-order valence-corrected chi connectivity index (χ4v) is 5.56. The zero-order valence-electron chi connectivity index (χ0n) is 24.1. The summed E-state index contributed by atoms with van der Waals surface area (Å²) < 4.78 is 5.58. The van der Waals surface area contributed by atoms with E-state index in [9.17, 15) is 19.2 Å². The van der Waals surface area contributed by atoms with Gasteiger partial charge in [-0.25, -0.2) is 9.78 Å². The van der Waals surface area contributed by atoms with E-state index in [0.717, 1.165) is 28.0 Å². The number of urea groups is 1. The summed E-state index contributed by atoms with van der Waals surface area (Å²) in [6.07, 6.45) is 1.39. The molecule has 0 saturated carbocycles. The van der Waals surface area contributed by atoms with Crippen LogP contribution in [-0.2, 0) is 20.9 Å². The number of amides is 5. The normalized spacial score (nSPS) is 18.6. The highest BCUT2D eigenvalue weighted by molar-refractivity contribution is 6.36. The first kappa shape index (κ1) is 30.0. The van der Waals surface area contributed by atoms with Crippen molar-refractivity contribution in [3.05, 3.63) is 65.2 Å². The standard InChI is InChI=1S/C31H33ClN6O5/c1-37-17-23(30(41)38(2)31(37)42)28(40)35-25-9-5-8-22(27(25)32)18-6-4-7-19(14-18)24-12-10-20(29(36-24)43-3)15-33-16-21-11-13-26(39)34-21/h4-10,12,14,21,23,33H,11,13,15-17H2,1-3H3,(H,34,39)(H,35,40)/t21-,23?/m0/s1. The van der Waals surface area contributed by atoms with E-state index >= 15 is 0 Å². The van der Waals surface area contributed by atoms with Crippen molar-refractivity contribution in [2.45, 2.75) is 25.4 Å². The summed E-state index contributed by atoms with van der Waals surface area (Å²) in [5.41, 5.74) is 4.31. The predicted octanol–water partition coefficient (Wildman–Crippen LogP) is 3.52. The van der Waals surface area contributed by atoms with Crippen molar-refractivity contribution in [3.8, 4) is 28.3 Å². The maximum Gasteiger partial charge on any atom is 0.326 e. The van der Waals surface area contributed by atoms with E-state index in [0.29, 0.717) is 47.4 Å². The van der Waals surface area contributed by atoms with Crippen LogP contribution in [0.2, 0.25) is 5.02 Å². The van der Waals surface area contributed by atoms with Crippen molar-refractivity contribution in [3.63, 3.8) is 0 Å². The largest absolute Gasteiger partial charge is 0.481 e. The summed E-state index contributed by atoms with van der Waals surface area (Å²) >= 11 is 6.77. The molecule has 0 bridgehead atoms. The first-order valence-electron chi connectivity index (χ1n) is 13.9. The number of imide groups is 1. The third-order valence-corrected chi connectivity index (χ3v) is 8.07. The summed E-state index contributed by atoms with van der Waals surface area (Å²) in [5.74, 6) is -1.55. The summed E-state index contributed by atoms with van der Waals surface area (Å²) in [6, 6.07) is 16.6. The lowest BCUT2D eigenvalue weighted by atomic mass is 10.00. The van der Waals surface area contributed by atoms with Crippen LogP contribution < -0.4 is 20.7 Å². The molecular weight excluding hydrogens is 572 g/mol. The van der Waals surface area contributed by atoms with Crippen molar-refractivity contribution in [1.82, 2.24) is 25.4 Å². The minimum Gasteiger partial charge on any atom is -0.481 e. The predicted molar refractivity (Wildman–Crippen MR) is 162 cm³/mol. The zero-order valence-corrected chi connectivity index (χ0v) is 24.9. The van der Waals surface area contributed by atoms with Crippen LogP contribution in [0.1, 0.15) is 18.4 Å². The Morgan fingerprint density at radius 1 is 1.09 bits per heavy atom. The van der Waals surface area contributed by atoms with Gasteiger partial charge < -0.3 is 25.6 Å². The molecule has 2 saturated heterocycles. The van der Waals surface area contributed by atoms with E-state index in [1.54, 1.807) is 26.3 Å². The molecule has 1 unspecified atom stereocenters. The molecule has 2 aliphatic rings. The van der Waals surface area contributed by atoms with Crippen LogP contribution in [0, 0.1) is 5.92 Å². The second-order valence-corrected chi connectivity index (χ2v) is 11.0. The SMILES string of the molecule is COc1nc(-c2cccc(-c3cccc(NC(=O)C4CN(C)C(=O)N(C)C4=O)c3Cl)c2)ccc1CNC[C@@H]1CCC(=O)N1. The van der Waals surface area contributed by atoms with E-state index in [-0.39, 0.29) is 18.5 Å². The Bertz CT molecular complexity index is 1580. The minimum absolute atomic E-state index is 0.0166. The zero-order chi connectivity index (χ0) is 30.7. The number of pyridine rings is 1. The van der Waals surface area contributed by atoms with E-state index < -0.39 is 23.8 Å². The van der Waals surface area contributed by atoms with Gasteiger partial charge in [0.1, 0.15) is 5.92 Å². The molecule has 2 atom stereocenters. The number of carbonyl (C=O) groups is 4. The molecule has 3 N–H and O–H groups in total. The number of hydrogen-bond donors (Lipinski definition) is 3. The number of halogens is 1. The molecule has 11 nitrogen and oxygen atoms in total. The summed E-state index contributed by atoms with van der Waals surface area (Å²) in [4.78, 5) is 56.1. The van der Waals surface area contributed by atoms with Crippen molar-refractivity contribution < 1.29 is 23.9 Å². The van der Waals surface area contributed by atoms with Gasteiger partial charge in [0.05, 0.1) is 23.5 Å². The van der Waals surface area contributed by atoms with Gasteiger partial charge in [0.2, 0.25) is 23.6 Å². The summed E-state index contributed by atoms with van der Waals surface area (Å²) in [6.45, 7) is 1.20. The molecule has 2 aromatic carbocycles. The van der Waals surface area contributed by atoms with Gasteiger partial charge in [0.15, 0.2) is 0 Å². The highest BCUT2D eigenvalue weighted by Gasteiger charge is 2.39. The Kier molecular flexibility index (Phi) is 8.93. The Labute approximate surface area is 254 Å². The van der Waals surface area contributed by atoms with Crippen molar-refractivity contribution in [2.75, 3.05) is 39.6 Å². The maximum atomic E-state index is 13.1. The molecule has 3 aromatic rings. The molecule has 224 valence electrons. The molecule has 3 heterocycles. The number of anilines is 1. The van der Waals surface area contributed by atoms with Crippen molar-refractivity contribution in [2.24, 2.45) is 5.92 Å². The molecule has 2 aliphatic heterocycles. The number of aromatic nitrogens is 1. The fraction of sp³-hybridized carbons (Fsp3) is 0.323. The van der Waals surface area contributed by atoms with Gasteiger partial charge >= 0.3 is 6.03 Å². The molecule has 0 aliphatic carbocycles. The first-order valence-corrected chi connectivity index (χ1v) is 14.3. The molecule has 2 fully saturated rings. The number of rotatable bonds is 9. The highest BCUT2D eigenvalue weighted by Crippen LogP contribution is 2.36. The van der Waals surface area contributed by atoms with Crippen LogP contribution in [0.4, 0.5) is 10.5 Å². The average Bonchev–Trinajstić information content (AvgIpc) is 3.43. The van der Waals surface area contributed by atoms with E-state index in [1.165, 1.54) is 11.9 Å². The first-order chi connectivity index (χ1) is 20.7. The van der Waals surface area contributed by atoms with Crippen LogP contribution in [0.25, 0.3) is 22.4 Å². The fourth-order valence-electron chi connectivity index (χ4n) is 5.28.